The van der Waals surface area contributed by atoms with Gasteiger partial charge in [0.1, 0.15) is 0 Å². The molecule has 0 saturated heterocycles. The van der Waals surface area contributed by atoms with E-state index in [0.717, 1.165) is 0 Å². The van der Waals surface area contributed by atoms with Gasteiger partial charge < -0.3 is 4.74 Å². The molecular weight excluding hydrogens is 849 g/mol. The Morgan fingerprint density at radius 1 is 0.327 bits per heavy atom. The van der Waals surface area contributed by atoms with Gasteiger partial charge in [0.25, 0.3) is 0 Å². The zero-order chi connectivity index (χ0) is 43.4. The van der Waals surface area contributed by atoms with Gasteiger partial charge in [-0.3, -0.25) is 0 Å². The lowest BCUT2D eigenvalue weighted by molar-refractivity contribution is -0.496. The van der Waals surface area contributed by atoms with Crippen molar-refractivity contribution in [3.63, 3.8) is 0 Å². The smallest absolute Gasteiger partial charge is 0.413 e. The van der Waals surface area contributed by atoms with E-state index in [9.17, 15) is 141 Å². The maximum Gasteiger partial charge on any atom is 0.460 e. The van der Waals surface area contributed by atoms with Crippen molar-refractivity contribution in [1.29, 1.82) is 0 Å². The Labute approximate surface area is 261 Å². The van der Waals surface area contributed by atoms with Gasteiger partial charge in [0.05, 0.1) is 0 Å². The van der Waals surface area contributed by atoms with Gasteiger partial charge in [0, 0.05) is 5.57 Å². The third kappa shape index (κ3) is 5.72. The number of ether oxygens (including phenoxy) is 1. The Balaban J connectivity index is 8.05. The number of rotatable bonds is 14. The molecule has 0 aliphatic carbocycles. The highest BCUT2D eigenvalue weighted by Gasteiger charge is 3.01. The fraction of sp³-hybridized carbons (Fsp3) is 0.842. The van der Waals surface area contributed by atoms with Crippen LogP contribution in [0.15, 0.2) is 12.2 Å². The molecular formula is C19H5F31O2. The minimum atomic E-state index is -10.1. The predicted molar refractivity (Wildman–Crippen MR) is 96.2 cm³/mol. The zero-order valence-corrected chi connectivity index (χ0v) is 22.7. The average molecular weight is 854 g/mol. The lowest BCUT2D eigenvalue weighted by Crippen LogP contribution is -2.80. The number of carbonyl (C=O) groups excluding carboxylic acids is 1. The molecule has 0 radical (unpaired) electrons. The van der Waals surface area contributed by atoms with Crippen LogP contribution in [0.4, 0.5) is 136 Å². The molecule has 1 unspecified atom stereocenters. The first kappa shape index (κ1) is 49.0. The van der Waals surface area contributed by atoms with Crippen LogP contribution >= 0.6 is 0 Å². The third-order valence-corrected chi connectivity index (χ3v) is 6.04. The first-order chi connectivity index (χ1) is 21.8. The van der Waals surface area contributed by atoms with E-state index < -0.39 is 101 Å². The molecule has 0 aromatic heterocycles. The highest BCUT2D eigenvalue weighted by atomic mass is 19.4. The molecule has 33 heteroatoms. The van der Waals surface area contributed by atoms with Crippen molar-refractivity contribution >= 4 is 5.97 Å². The number of esters is 1. The van der Waals surface area contributed by atoms with E-state index in [4.69, 9.17) is 0 Å². The summed E-state index contributed by atoms with van der Waals surface area (Å²) in [6.07, 6.45) is -16.7. The molecule has 0 rings (SSSR count). The molecule has 0 fully saturated rings. The van der Waals surface area contributed by atoms with Crippen LogP contribution in [0.3, 0.4) is 0 Å². The summed E-state index contributed by atoms with van der Waals surface area (Å²) in [5.74, 6) is -129. The molecule has 0 saturated carbocycles. The Morgan fingerprint density at radius 3 is 0.673 bits per heavy atom. The van der Waals surface area contributed by atoms with Crippen molar-refractivity contribution in [3.05, 3.63) is 12.2 Å². The Kier molecular flexibility index (Phi) is 11.3. The Bertz CT molecular complexity index is 1360. The van der Waals surface area contributed by atoms with Crippen LogP contribution < -0.4 is 0 Å². The summed E-state index contributed by atoms with van der Waals surface area (Å²) in [6, 6.07) is 0. The fourth-order valence-electron chi connectivity index (χ4n) is 2.88. The number of hydrogen-bond acceptors (Lipinski definition) is 2. The summed E-state index contributed by atoms with van der Waals surface area (Å²) in [5, 5.41) is 0. The van der Waals surface area contributed by atoms with Crippen molar-refractivity contribution in [2.24, 2.45) is 0 Å². The summed E-state index contributed by atoms with van der Waals surface area (Å²) >= 11 is 0. The van der Waals surface area contributed by atoms with Crippen LogP contribution in [-0.2, 0) is 9.53 Å². The molecule has 0 amide bonds. The van der Waals surface area contributed by atoms with E-state index in [1.165, 1.54) is 0 Å². The van der Waals surface area contributed by atoms with E-state index in [2.05, 4.69) is 0 Å². The van der Waals surface area contributed by atoms with Crippen molar-refractivity contribution in [3.8, 4) is 0 Å². The molecule has 52 heavy (non-hydrogen) atoms. The Hall–Kier alpha value is -2.96. The molecule has 0 spiro atoms. The molecule has 0 aromatic rings. The van der Waals surface area contributed by atoms with Crippen LogP contribution in [0.2, 0.25) is 0 Å². The topological polar surface area (TPSA) is 26.3 Å². The average Bonchev–Trinajstić information content (AvgIpc) is 2.90. The normalized spacial score (nSPS) is 17.5. The zero-order valence-electron chi connectivity index (χ0n) is 22.7. The highest BCUT2D eigenvalue weighted by Crippen LogP contribution is 2.69. The van der Waals surface area contributed by atoms with E-state index >= 15 is 0 Å². The third-order valence-electron chi connectivity index (χ3n) is 6.04. The predicted octanol–water partition coefficient (Wildman–Crippen LogP) is 10.5. The first-order valence-electron chi connectivity index (χ1n) is 11.1. The molecule has 0 aliphatic heterocycles. The molecule has 0 aliphatic rings. The number of halogens is 31. The van der Waals surface area contributed by atoms with Crippen LogP contribution in [0, 0.1) is 0 Å². The van der Waals surface area contributed by atoms with Gasteiger partial charge >= 0.3 is 95.2 Å². The van der Waals surface area contributed by atoms with Crippen molar-refractivity contribution in [2.75, 3.05) is 0 Å². The summed E-state index contributed by atoms with van der Waals surface area (Å²) in [7, 11) is 0. The minimum Gasteiger partial charge on any atom is -0.413 e. The highest BCUT2D eigenvalue weighted by molar-refractivity contribution is 5.87. The standard InChI is InChI=1S/C19H5F31O2/c1-3(2)4(51)52-17(44,14(38,39)16(42,43)19(48,49)50)13(36,37)11(32,33)9(28,29)7(24,25)5(20,21)6(22,23)8(26,27)10(30,31)12(34,35)15(40,41)18(45,46)47/h1H2,2H3. The van der Waals surface area contributed by atoms with Crippen molar-refractivity contribution in [2.45, 2.75) is 96.2 Å². The van der Waals surface area contributed by atoms with Gasteiger partial charge in [0.2, 0.25) is 0 Å². The SMILES string of the molecule is C=C(C)C(=O)OC(F)(C(F)(F)C(F)(F)C(F)(F)F)C(F)(F)C(F)(F)C(F)(F)C(F)(F)C(F)(F)C(F)(F)C(F)(F)C(F)(F)C(F)(F)C(F)(F)C(F)(F)F. The van der Waals surface area contributed by atoms with Crippen LogP contribution in [0.5, 0.6) is 0 Å². The molecule has 0 heterocycles. The number of hydrogen-bond donors (Lipinski definition) is 0. The van der Waals surface area contributed by atoms with E-state index in [-0.39, 0.29) is 6.92 Å². The van der Waals surface area contributed by atoms with Gasteiger partial charge in [0.15, 0.2) is 0 Å². The first-order valence-corrected chi connectivity index (χ1v) is 11.1. The van der Waals surface area contributed by atoms with Gasteiger partial charge in [-0.1, -0.05) is 6.58 Å². The second kappa shape index (κ2) is 12.0. The van der Waals surface area contributed by atoms with E-state index in [1.807, 2.05) is 11.3 Å². The van der Waals surface area contributed by atoms with Crippen molar-refractivity contribution in [1.82, 2.24) is 0 Å². The second-order valence-corrected chi connectivity index (χ2v) is 9.65. The van der Waals surface area contributed by atoms with Gasteiger partial charge in [-0.2, -0.15) is 136 Å². The lowest BCUT2D eigenvalue weighted by atomic mass is 9.83. The largest absolute Gasteiger partial charge is 0.460 e. The van der Waals surface area contributed by atoms with Crippen molar-refractivity contribution < 1.29 is 146 Å². The lowest BCUT2D eigenvalue weighted by Gasteiger charge is -2.47. The molecule has 310 valence electrons. The van der Waals surface area contributed by atoms with Gasteiger partial charge in [-0.05, 0) is 6.92 Å². The number of carbonyl (C=O) groups is 1. The summed E-state index contributed by atoms with van der Waals surface area (Å²) < 4.78 is 420. The van der Waals surface area contributed by atoms with Gasteiger partial charge in [-0.15, -0.1) is 0 Å². The quantitative estimate of drug-likeness (QED) is 0.0989. The Morgan fingerprint density at radius 2 is 0.481 bits per heavy atom. The minimum absolute atomic E-state index is 0.228. The molecule has 1 atom stereocenters. The molecule has 0 aromatic carbocycles. The second-order valence-electron chi connectivity index (χ2n) is 9.65. The van der Waals surface area contributed by atoms with Gasteiger partial charge in [-0.25, -0.2) is 4.79 Å². The molecule has 2 nitrogen and oxygen atoms in total. The summed E-state index contributed by atoms with van der Waals surface area (Å²) in [5.41, 5.74) is -2.13. The maximum atomic E-state index is 14.8. The monoisotopic (exact) mass is 854 g/mol. The van der Waals surface area contributed by atoms with Crippen LogP contribution in [0.25, 0.3) is 0 Å². The van der Waals surface area contributed by atoms with E-state index in [0.29, 0.717) is 0 Å². The van der Waals surface area contributed by atoms with Crippen LogP contribution in [-0.4, -0.2) is 95.2 Å². The summed E-state index contributed by atoms with van der Waals surface area (Å²) in [6.45, 7) is 1.81. The molecule has 0 N–H and O–H groups in total. The fourth-order valence-corrected chi connectivity index (χ4v) is 2.88. The molecule has 0 bridgehead atoms. The summed E-state index contributed by atoms with van der Waals surface area (Å²) in [4.78, 5) is 11.2. The maximum absolute atomic E-state index is 14.8. The van der Waals surface area contributed by atoms with E-state index in [1.54, 1.807) is 0 Å². The number of alkyl halides is 31. The van der Waals surface area contributed by atoms with Crippen LogP contribution in [0.1, 0.15) is 6.92 Å².